The van der Waals surface area contributed by atoms with E-state index in [1.54, 1.807) is 6.07 Å². The summed E-state index contributed by atoms with van der Waals surface area (Å²) in [6.45, 7) is 0.379. The van der Waals surface area contributed by atoms with Gasteiger partial charge in [0, 0.05) is 24.4 Å². The van der Waals surface area contributed by atoms with Gasteiger partial charge in [-0.2, -0.15) is 0 Å². The summed E-state index contributed by atoms with van der Waals surface area (Å²) in [5.74, 6) is 0.889. The van der Waals surface area contributed by atoms with Crippen molar-refractivity contribution in [2.75, 3.05) is 13.1 Å². The van der Waals surface area contributed by atoms with Crippen molar-refractivity contribution in [1.29, 1.82) is 0 Å². The highest BCUT2D eigenvalue weighted by atomic mass is 19.1. The highest BCUT2D eigenvalue weighted by molar-refractivity contribution is 5.93. The summed E-state index contributed by atoms with van der Waals surface area (Å²) < 4.78 is 18.9. The van der Waals surface area contributed by atoms with Crippen LogP contribution in [0.5, 0.6) is 5.75 Å². The van der Waals surface area contributed by atoms with Crippen LogP contribution in [0.25, 0.3) is 0 Å². The highest BCUT2D eigenvalue weighted by Gasteiger charge is 2.36. The van der Waals surface area contributed by atoms with Gasteiger partial charge in [-0.1, -0.05) is 6.07 Å². The van der Waals surface area contributed by atoms with Crippen molar-refractivity contribution in [3.63, 3.8) is 0 Å². The predicted octanol–water partition coefficient (Wildman–Crippen LogP) is 1.76. The molecule has 4 rings (SSSR count). The molecule has 130 valence electrons. The fourth-order valence-electron chi connectivity index (χ4n) is 2.94. The molecule has 0 unspecified atom stereocenters. The molecule has 1 aromatic carbocycles. The van der Waals surface area contributed by atoms with Crippen molar-refractivity contribution < 1.29 is 19.0 Å². The number of aliphatic hydroxyl groups is 1. The molecule has 1 aliphatic heterocycles. The van der Waals surface area contributed by atoms with Crippen LogP contribution in [0.1, 0.15) is 34.9 Å². The second-order valence-electron chi connectivity index (χ2n) is 6.50. The number of aliphatic hydroxyl groups excluding tert-OH is 1. The maximum absolute atomic E-state index is 13.2. The second kappa shape index (κ2) is 6.40. The van der Waals surface area contributed by atoms with Crippen LogP contribution in [-0.2, 0) is 0 Å². The third kappa shape index (κ3) is 3.46. The van der Waals surface area contributed by atoms with Gasteiger partial charge in [0.15, 0.2) is 0 Å². The first-order chi connectivity index (χ1) is 12.1. The normalized spacial score (nSPS) is 22.9. The molecule has 25 heavy (non-hydrogen) atoms. The average molecular weight is 343 g/mol. The fourth-order valence-corrected chi connectivity index (χ4v) is 2.94. The lowest BCUT2D eigenvalue weighted by Crippen LogP contribution is -2.31. The number of rotatable bonds is 4. The molecule has 2 aromatic rings. The van der Waals surface area contributed by atoms with Gasteiger partial charge in [-0.25, -0.2) is 14.4 Å². The lowest BCUT2D eigenvalue weighted by atomic mass is 10.2. The zero-order valence-corrected chi connectivity index (χ0v) is 13.5. The maximum atomic E-state index is 13.2. The molecule has 2 atom stereocenters. The molecule has 7 heteroatoms. The molecule has 1 saturated heterocycles. The number of nitrogens with zero attached hydrogens (tertiary/aromatic N) is 3. The van der Waals surface area contributed by atoms with E-state index in [-0.39, 0.29) is 19.0 Å². The van der Waals surface area contributed by atoms with Crippen LogP contribution in [0.2, 0.25) is 0 Å². The van der Waals surface area contributed by atoms with Gasteiger partial charge >= 0.3 is 0 Å². The number of hydrogen-bond donors (Lipinski definition) is 1. The Morgan fingerprint density at radius 1 is 1.24 bits per heavy atom. The van der Waals surface area contributed by atoms with Crippen LogP contribution < -0.4 is 4.74 Å². The van der Waals surface area contributed by atoms with Gasteiger partial charge in [0.1, 0.15) is 29.6 Å². The molecule has 1 N–H and O–H groups in total. The van der Waals surface area contributed by atoms with Crippen LogP contribution in [0, 0.1) is 5.82 Å². The number of likely N-dealkylation sites (tertiary alicyclic amines) is 1. The summed E-state index contributed by atoms with van der Waals surface area (Å²) in [6.07, 6.45) is 3.85. The summed E-state index contributed by atoms with van der Waals surface area (Å²) in [5.41, 5.74) is 0.392. The molecule has 1 amide bonds. The number of carbonyl (C=O) groups is 1. The lowest BCUT2D eigenvalue weighted by Gasteiger charge is -2.17. The Labute approximate surface area is 144 Å². The minimum atomic E-state index is -0.834. The van der Waals surface area contributed by atoms with E-state index < -0.39 is 18.0 Å². The molecule has 1 saturated carbocycles. The third-order valence-corrected chi connectivity index (χ3v) is 4.47. The minimum absolute atomic E-state index is 0.156. The molecule has 6 nitrogen and oxygen atoms in total. The molecule has 0 radical (unpaired) electrons. The van der Waals surface area contributed by atoms with Gasteiger partial charge in [-0.05, 0) is 25.0 Å². The molecule has 2 aliphatic rings. The summed E-state index contributed by atoms with van der Waals surface area (Å²) in [5, 5.41) is 10.2. The monoisotopic (exact) mass is 343 g/mol. The summed E-state index contributed by atoms with van der Waals surface area (Å²) in [4.78, 5) is 22.6. The van der Waals surface area contributed by atoms with E-state index in [9.17, 15) is 14.3 Å². The number of carbonyl (C=O) groups excluding carboxylic acids is 1. The van der Waals surface area contributed by atoms with Crippen molar-refractivity contribution in [2.24, 2.45) is 0 Å². The van der Waals surface area contributed by atoms with Gasteiger partial charge < -0.3 is 14.7 Å². The van der Waals surface area contributed by atoms with Crippen LogP contribution in [0.3, 0.4) is 0 Å². The number of aromatic nitrogens is 2. The van der Waals surface area contributed by atoms with E-state index in [0.29, 0.717) is 17.2 Å². The average Bonchev–Trinajstić information content (AvgIpc) is 3.39. The van der Waals surface area contributed by atoms with E-state index in [0.717, 1.165) is 18.7 Å². The molecule has 1 aliphatic carbocycles. The zero-order valence-electron chi connectivity index (χ0n) is 13.5. The third-order valence-electron chi connectivity index (χ3n) is 4.47. The first kappa shape index (κ1) is 16.0. The SMILES string of the molecule is O=C(c1cnc(C2CC2)nc1)N1C[C@@H](O)[C@H](Oc2cccc(F)c2)C1. The zero-order chi connectivity index (χ0) is 17.4. The van der Waals surface area contributed by atoms with Gasteiger partial charge in [0.05, 0.1) is 18.7 Å². The second-order valence-corrected chi connectivity index (χ2v) is 6.50. The van der Waals surface area contributed by atoms with Crippen molar-refractivity contribution in [1.82, 2.24) is 14.9 Å². The highest BCUT2D eigenvalue weighted by Crippen LogP contribution is 2.37. The molecule has 1 aromatic heterocycles. The molecule has 0 spiro atoms. The minimum Gasteiger partial charge on any atom is -0.486 e. The van der Waals surface area contributed by atoms with E-state index in [1.807, 2.05) is 0 Å². The molecular formula is C18H18FN3O3. The standard InChI is InChI=1S/C18H18FN3O3/c19-13-2-1-3-14(6-13)25-16-10-22(9-15(16)23)18(24)12-7-20-17(21-8-12)11-4-5-11/h1-3,6-8,11,15-16,23H,4-5,9-10H2/t15-,16-/m1/s1. The van der Waals surface area contributed by atoms with E-state index in [1.165, 1.54) is 35.5 Å². The Kier molecular flexibility index (Phi) is 4.09. The van der Waals surface area contributed by atoms with Crippen LogP contribution in [0.4, 0.5) is 4.39 Å². The largest absolute Gasteiger partial charge is 0.486 e. The van der Waals surface area contributed by atoms with Crippen LogP contribution in [-0.4, -0.2) is 51.2 Å². The number of hydrogen-bond acceptors (Lipinski definition) is 5. The Hall–Kier alpha value is -2.54. The number of benzene rings is 1. The van der Waals surface area contributed by atoms with Gasteiger partial charge in [0.25, 0.3) is 5.91 Å². The summed E-state index contributed by atoms with van der Waals surface area (Å²) in [7, 11) is 0. The Bertz CT molecular complexity index is 779. The number of β-amino-alcohol motifs (C(OH)–C–C–N with tert-alkyl or cyclic N) is 1. The number of ether oxygens (including phenoxy) is 1. The predicted molar refractivity (Wildman–Crippen MR) is 86.7 cm³/mol. The smallest absolute Gasteiger partial charge is 0.257 e. The van der Waals surface area contributed by atoms with Crippen molar-refractivity contribution in [3.8, 4) is 5.75 Å². The first-order valence-electron chi connectivity index (χ1n) is 8.31. The first-order valence-corrected chi connectivity index (χ1v) is 8.31. The molecular weight excluding hydrogens is 325 g/mol. The van der Waals surface area contributed by atoms with Crippen molar-refractivity contribution >= 4 is 5.91 Å². The fraction of sp³-hybridized carbons (Fsp3) is 0.389. The summed E-state index contributed by atoms with van der Waals surface area (Å²) in [6, 6.07) is 5.72. The van der Waals surface area contributed by atoms with Crippen molar-refractivity contribution in [2.45, 2.75) is 31.0 Å². The topological polar surface area (TPSA) is 75.6 Å². The maximum Gasteiger partial charge on any atom is 0.257 e. The number of amides is 1. The van der Waals surface area contributed by atoms with E-state index in [4.69, 9.17) is 4.74 Å². The molecule has 2 fully saturated rings. The number of halogens is 1. The van der Waals surface area contributed by atoms with Crippen molar-refractivity contribution in [3.05, 3.63) is 53.9 Å². The molecule has 2 heterocycles. The van der Waals surface area contributed by atoms with E-state index in [2.05, 4.69) is 9.97 Å². The lowest BCUT2D eigenvalue weighted by molar-refractivity contribution is 0.0728. The Morgan fingerprint density at radius 3 is 2.68 bits per heavy atom. The van der Waals surface area contributed by atoms with Crippen LogP contribution in [0.15, 0.2) is 36.7 Å². The Balaban J connectivity index is 1.42. The van der Waals surface area contributed by atoms with E-state index >= 15 is 0 Å². The summed E-state index contributed by atoms with van der Waals surface area (Å²) >= 11 is 0. The quantitative estimate of drug-likeness (QED) is 0.915. The molecule has 0 bridgehead atoms. The van der Waals surface area contributed by atoms with Gasteiger partial charge in [0.2, 0.25) is 0 Å². The Morgan fingerprint density at radius 2 is 2.00 bits per heavy atom. The van der Waals surface area contributed by atoms with Crippen LogP contribution >= 0.6 is 0 Å². The van der Waals surface area contributed by atoms with Gasteiger partial charge in [-0.3, -0.25) is 4.79 Å². The van der Waals surface area contributed by atoms with Gasteiger partial charge in [-0.15, -0.1) is 0 Å².